The van der Waals surface area contributed by atoms with Gasteiger partial charge in [-0.05, 0) is 12.1 Å². The molecule has 0 atom stereocenters. The second kappa shape index (κ2) is 5.96. The third kappa shape index (κ3) is 2.74. The summed E-state index contributed by atoms with van der Waals surface area (Å²) >= 11 is 0. The lowest BCUT2D eigenvalue weighted by Crippen LogP contribution is -2.07. The van der Waals surface area contributed by atoms with Gasteiger partial charge in [-0.3, -0.25) is 4.98 Å². The van der Waals surface area contributed by atoms with E-state index in [4.69, 9.17) is 0 Å². The third-order valence-electron chi connectivity index (χ3n) is 3.61. The largest absolute Gasteiger partial charge is 0.362 e. The summed E-state index contributed by atoms with van der Waals surface area (Å²) in [6, 6.07) is 17.6. The fourth-order valence-electron chi connectivity index (χ4n) is 2.48. The van der Waals surface area contributed by atoms with E-state index in [2.05, 4.69) is 30.5 Å². The topological polar surface area (TPSA) is 99.3 Å². The van der Waals surface area contributed by atoms with E-state index in [1.165, 1.54) is 0 Å². The van der Waals surface area contributed by atoms with Crippen LogP contribution in [0.25, 0.3) is 22.3 Å². The lowest BCUT2D eigenvalue weighted by atomic mass is 10.2. The van der Waals surface area contributed by atoms with Crippen molar-refractivity contribution in [3.63, 3.8) is 0 Å². The van der Waals surface area contributed by atoms with Crippen LogP contribution >= 0.6 is 0 Å². The second-order valence-corrected chi connectivity index (χ2v) is 5.26. The molecular weight excluding hydrogens is 304 g/mol. The van der Waals surface area contributed by atoms with Gasteiger partial charge in [0.05, 0.1) is 12.1 Å². The fourth-order valence-corrected chi connectivity index (χ4v) is 2.48. The van der Waals surface area contributed by atoms with Gasteiger partial charge in [0, 0.05) is 10.9 Å². The fraction of sp³-hybridized carbons (Fsp3) is 0.0588. The Morgan fingerprint density at radius 2 is 1.75 bits per heavy atom. The maximum atomic E-state index is 11.1. The first-order valence-electron chi connectivity index (χ1n) is 7.49. The van der Waals surface area contributed by atoms with Crippen molar-refractivity contribution in [1.82, 2.24) is 25.1 Å². The first kappa shape index (κ1) is 14.1. The molecule has 4 aromatic rings. The van der Waals surface area contributed by atoms with Crippen LogP contribution < -0.4 is 11.0 Å². The van der Waals surface area contributed by atoms with Crippen LogP contribution in [0.2, 0.25) is 0 Å². The third-order valence-corrected chi connectivity index (χ3v) is 3.61. The highest BCUT2D eigenvalue weighted by Crippen LogP contribution is 2.24. The van der Waals surface area contributed by atoms with E-state index in [0.717, 1.165) is 16.5 Å². The Hall–Kier alpha value is -3.48. The molecule has 0 aliphatic carbocycles. The van der Waals surface area contributed by atoms with Crippen LogP contribution in [0.5, 0.6) is 0 Å². The second-order valence-electron chi connectivity index (χ2n) is 5.26. The SMILES string of the molecule is O=c1[nH]nc(CNc2nc(-c3ccccc3)nc3ccccc23)[nH]1. The summed E-state index contributed by atoms with van der Waals surface area (Å²) in [6.45, 7) is 0.355. The summed E-state index contributed by atoms with van der Waals surface area (Å²) in [5, 5.41) is 10.4. The van der Waals surface area contributed by atoms with Gasteiger partial charge in [0.1, 0.15) is 11.6 Å². The van der Waals surface area contributed by atoms with Crippen LogP contribution in [0.4, 0.5) is 5.82 Å². The maximum Gasteiger partial charge on any atom is 0.340 e. The summed E-state index contributed by atoms with van der Waals surface area (Å²) in [6.07, 6.45) is 0. The van der Waals surface area contributed by atoms with Crippen LogP contribution in [0.1, 0.15) is 5.82 Å². The normalized spacial score (nSPS) is 10.8. The molecule has 3 N–H and O–H groups in total. The molecule has 7 nitrogen and oxygen atoms in total. The summed E-state index contributed by atoms with van der Waals surface area (Å²) < 4.78 is 0. The predicted octanol–water partition coefficient (Wildman–Crippen LogP) is 2.32. The number of anilines is 1. The molecule has 2 heterocycles. The standard InChI is InChI=1S/C17H14N6O/c24-17-20-14(22-23-17)10-18-16-12-8-4-5-9-13(12)19-15(21-16)11-6-2-1-3-7-11/h1-9H,10H2,(H,18,19,21)(H2,20,22,23,24). The molecule has 0 fully saturated rings. The van der Waals surface area contributed by atoms with Crippen molar-refractivity contribution in [1.29, 1.82) is 0 Å². The molecule has 0 aliphatic heterocycles. The number of aromatic amines is 2. The highest BCUT2D eigenvalue weighted by atomic mass is 16.1. The zero-order valence-electron chi connectivity index (χ0n) is 12.7. The van der Waals surface area contributed by atoms with Gasteiger partial charge in [-0.1, -0.05) is 42.5 Å². The van der Waals surface area contributed by atoms with Crippen LogP contribution in [0.3, 0.4) is 0 Å². The van der Waals surface area contributed by atoms with E-state index in [-0.39, 0.29) is 5.69 Å². The highest BCUT2D eigenvalue weighted by molar-refractivity contribution is 5.90. The van der Waals surface area contributed by atoms with Gasteiger partial charge in [-0.15, -0.1) is 0 Å². The smallest absolute Gasteiger partial charge is 0.340 e. The first-order valence-corrected chi connectivity index (χ1v) is 7.49. The number of nitrogens with zero attached hydrogens (tertiary/aromatic N) is 3. The lowest BCUT2D eigenvalue weighted by Gasteiger charge is -2.10. The van der Waals surface area contributed by atoms with Crippen molar-refractivity contribution in [2.45, 2.75) is 6.54 Å². The molecule has 2 aromatic heterocycles. The van der Waals surface area contributed by atoms with Gasteiger partial charge in [-0.25, -0.2) is 19.9 Å². The molecule has 0 spiro atoms. The Labute approximate surface area is 136 Å². The highest BCUT2D eigenvalue weighted by Gasteiger charge is 2.09. The minimum absolute atomic E-state index is 0.329. The van der Waals surface area contributed by atoms with Crippen molar-refractivity contribution in [3.8, 4) is 11.4 Å². The molecule has 0 aliphatic rings. The van der Waals surface area contributed by atoms with Crippen LogP contribution in [0, 0.1) is 0 Å². The zero-order valence-corrected chi connectivity index (χ0v) is 12.7. The molecule has 7 heteroatoms. The maximum absolute atomic E-state index is 11.1. The summed E-state index contributed by atoms with van der Waals surface area (Å²) in [5.74, 6) is 1.86. The van der Waals surface area contributed by atoms with Crippen molar-refractivity contribution in [3.05, 3.63) is 70.9 Å². The van der Waals surface area contributed by atoms with Gasteiger partial charge in [-0.2, -0.15) is 5.10 Å². The summed E-state index contributed by atoms with van der Waals surface area (Å²) in [7, 11) is 0. The van der Waals surface area contributed by atoms with E-state index in [1.54, 1.807) is 0 Å². The van der Waals surface area contributed by atoms with Crippen LogP contribution in [0.15, 0.2) is 59.4 Å². The predicted molar refractivity (Wildman–Crippen MR) is 91.5 cm³/mol. The Kier molecular flexibility index (Phi) is 3.51. The first-order chi connectivity index (χ1) is 11.8. The Morgan fingerprint density at radius 3 is 2.54 bits per heavy atom. The van der Waals surface area contributed by atoms with Gasteiger partial charge in [0.2, 0.25) is 0 Å². The molecule has 0 saturated carbocycles. The van der Waals surface area contributed by atoms with E-state index in [1.807, 2.05) is 54.6 Å². The van der Waals surface area contributed by atoms with Crippen molar-refractivity contribution in [2.75, 3.05) is 5.32 Å². The summed E-state index contributed by atoms with van der Waals surface area (Å²) in [4.78, 5) is 23.0. The molecule has 0 saturated heterocycles. The van der Waals surface area contributed by atoms with Gasteiger partial charge < -0.3 is 5.32 Å². The van der Waals surface area contributed by atoms with Gasteiger partial charge in [0.25, 0.3) is 0 Å². The van der Waals surface area contributed by atoms with E-state index in [9.17, 15) is 4.79 Å². The minimum Gasteiger partial charge on any atom is -0.362 e. The number of H-pyrrole nitrogens is 2. The number of fused-ring (bicyclic) bond motifs is 1. The number of hydrogen-bond acceptors (Lipinski definition) is 5. The number of para-hydroxylation sites is 1. The molecule has 4 rings (SSSR count). The Morgan fingerprint density at radius 1 is 0.958 bits per heavy atom. The van der Waals surface area contributed by atoms with E-state index < -0.39 is 0 Å². The Bertz CT molecular complexity index is 1040. The number of benzene rings is 2. The summed E-state index contributed by atoms with van der Waals surface area (Å²) in [5.41, 5.74) is 1.47. The van der Waals surface area contributed by atoms with Gasteiger partial charge in [0.15, 0.2) is 5.82 Å². The molecule has 0 bridgehead atoms. The molecular formula is C17H14N6O. The molecule has 0 unspecified atom stereocenters. The van der Waals surface area contributed by atoms with E-state index in [0.29, 0.717) is 24.0 Å². The quantitative estimate of drug-likeness (QED) is 0.536. The Balaban J connectivity index is 1.76. The number of rotatable bonds is 4. The molecule has 24 heavy (non-hydrogen) atoms. The average Bonchev–Trinajstić information content (AvgIpc) is 3.05. The molecule has 0 radical (unpaired) electrons. The number of nitrogens with one attached hydrogen (secondary N) is 3. The zero-order chi connectivity index (χ0) is 16.4. The number of aromatic nitrogens is 5. The van der Waals surface area contributed by atoms with Gasteiger partial charge >= 0.3 is 5.69 Å². The van der Waals surface area contributed by atoms with Crippen molar-refractivity contribution >= 4 is 16.7 Å². The molecule has 0 amide bonds. The molecule has 2 aromatic carbocycles. The van der Waals surface area contributed by atoms with Crippen LogP contribution in [-0.4, -0.2) is 25.1 Å². The van der Waals surface area contributed by atoms with Crippen molar-refractivity contribution in [2.24, 2.45) is 0 Å². The average molecular weight is 318 g/mol. The van der Waals surface area contributed by atoms with Crippen molar-refractivity contribution < 1.29 is 0 Å². The van der Waals surface area contributed by atoms with Crippen LogP contribution in [-0.2, 0) is 6.54 Å². The minimum atomic E-state index is -0.329. The monoisotopic (exact) mass is 318 g/mol. The van der Waals surface area contributed by atoms with E-state index >= 15 is 0 Å². The lowest BCUT2D eigenvalue weighted by molar-refractivity contribution is 0.947. The number of hydrogen-bond donors (Lipinski definition) is 3. The molecule has 118 valence electrons.